The van der Waals surface area contributed by atoms with Gasteiger partial charge < -0.3 is 4.90 Å². The maximum Gasteiger partial charge on any atom is 0.282 e. The number of hydrogen-bond acceptors (Lipinski definition) is 3. The zero-order valence-electron chi connectivity index (χ0n) is 13.6. The molecule has 7 heteroatoms. The Hall–Kier alpha value is -2.83. The lowest BCUT2D eigenvalue weighted by atomic mass is 10.1. The van der Waals surface area contributed by atoms with Gasteiger partial charge in [-0.25, -0.2) is 8.78 Å². The molecule has 3 heterocycles. The zero-order valence-corrected chi connectivity index (χ0v) is 13.6. The second-order valence-electron chi connectivity index (χ2n) is 6.41. The maximum atomic E-state index is 12.9. The minimum absolute atomic E-state index is 0.0709. The molecular formula is C18H16F2N4O. The van der Waals surface area contributed by atoms with E-state index in [0.29, 0.717) is 11.0 Å². The fraction of sp³-hybridized carbons (Fsp3) is 0.278. The van der Waals surface area contributed by atoms with Crippen molar-refractivity contribution in [3.63, 3.8) is 0 Å². The number of nitrogens with zero attached hydrogens (tertiary/aromatic N) is 4. The average molecular weight is 342 g/mol. The second-order valence-corrected chi connectivity index (χ2v) is 6.41. The Balaban J connectivity index is 1.62. The van der Waals surface area contributed by atoms with Gasteiger partial charge in [0.05, 0.1) is 24.8 Å². The summed E-state index contributed by atoms with van der Waals surface area (Å²) in [7, 11) is 0. The van der Waals surface area contributed by atoms with Crippen molar-refractivity contribution in [1.29, 1.82) is 0 Å². The Morgan fingerprint density at radius 2 is 2.00 bits per heavy atom. The number of alkyl halides is 2. The summed E-state index contributed by atoms with van der Waals surface area (Å²) >= 11 is 0. The molecule has 1 fully saturated rings. The van der Waals surface area contributed by atoms with Crippen molar-refractivity contribution in [2.45, 2.75) is 19.4 Å². The molecule has 1 aliphatic heterocycles. The van der Waals surface area contributed by atoms with Crippen LogP contribution in [0.3, 0.4) is 0 Å². The van der Waals surface area contributed by atoms with Gasteiger partial charge in [-0.05, 0) is 18.6 Å². The third-order valence-corrected chi connectivity index (χ3v) is 4.33. The van der Waals surface area contributed by atoms with Gasteiger partial charge in [0.1, 0.15) is 12.1 Å². The summed E-state index contributed by atoms with van der Waals surface area (Å²) in [5, 5.41) is 4.18. The van der Waals surface area contributed by atoms with Crippen LogP contribution in [-0.4, -0.2) is 44.6 Å². The Bertz CT molecular complexity index is 959. The smallest absolute Gasteiger partial charge is 0.282 e. The quantitative estimate of drug-likeness (QED) is 0.735. The summed E-state index contributed by atoms with van der Waals surface area (Å²) in [6.45, 7) is 0.912. The van der Waals surface area contributed by atoms with Crippen molar-refractivity contribution in [3.05, 3.63) is 48.3 Å². The molecule has 25 heavy (non-hydrogen) atoms. The SMILES string of the molecule is Cc1cccc(-c2cnc3cnn(CC(=O)N4CC(F)(F)C4)c3c2)c1. The summed E-state index contributed by atoms with van der Waals surface area (Å²) < 4.78 is 27.4. The van der Waals surface area contributed by atoms with Crippen molar-refractivity contribution in [2.24, 2.45) is 0 Å². The van der Waals surface area contributed by atoms with Crippen LogP contribution in [0.4, 0.5) is 8.78 Å². The molecule has 5 nitrogen and oxygen atoms in total. The van der Waals surface area contributed by atoms with Crippen LogP contribution in [0.15, 0.2) is 42.7 Å². The van der Waals surface area contributed by atoms with Crippen molar-refractivity contribution >= 4 is 16.9 Å². The number of pyridine rings is 1. The first-order valence-electron chi connectivity index (χ1n) is 7.95. The number of aryl methyl sites for hydroxylation is 1. The molecule has 1 aliphatic rings. The van der Waals surface area contributed by atoms with Gasteiger partial charge in [-0.1, -0.05) is 29.8 Å². The predicted molar refractivity (Wildman–Crippen MR) is 89.2 cm³/mol. The fourth-order valence-electron chi connectivity index (χ4n) is 2.98. The van der Waals surface area contributed by atoms with Gasteiger partial charge in [0.2, 0.25) is 5.91 Å². The van der Waals surface area contributed by atoms with Crippen LogP contribution < -0.4 is 0 Å². The lowest BCUT2D eigenvalue weighted by Crippen LogP contribution is -2.59. The highest BCUT2D eigenvalue weighted by molar-refractivity contribution is 5.83. The molecule has 1 saturated heterocycles. The van der Waals surface area contributed by atoms with E-state index in [4.69, 9.17) is 0 Å². The number of likely N-dealkylation sites (tertiary alicyclic amines) is 1. The number of carbonyl (C=O) groups is 1. The molecule has 0 aliphatic carbocycles. The van der Waals surface area contributed by atoms with Crippen LogP contribution in [0.2, 0.25) is 0 Å². The van der Waals surface area contributed by atoms with E-state index >= 15 is 0 Å². The highest BCUT2D eigenvalue weighted by Gasteiger charge is 2.46. The van der Waals surface area contributed by atoms with Gasteiger partial charge in [-0.2, -0.15) is 5.10 Å². The molecular weight excluding hydrogens is 326 g/mol. The number of carbonyl (C=O) groups excluding carboxylic acids is 1. The normalized spacial score (nSPS) is 16.0. The van der Waals surface area contributed by atoms with Crippen molar-refractivity contribution in [3.8, 4) is 11.1 Å². The molecule has 4 rings (SSSR count). The highest BCUT2D eigenvalue weighted by atomic mass is 19.3. The molecule has 0 bridgehead atoms. The van der Waals surface area contributed by atoms with E-state index in [1.807, 2.05) is 31.2 Å². The Morgan fingerprint density at radius 1 is 1.20 bits per heavy atom. The molecule has 0 atom stereocenters. The first kappa shape index (κ1) is 15.7. The maximum absolute atomic E-state index is 12.9. The number of aromatic nitrogens is 3. The third-order valence-electron chi connectivity index (χ3n) is 4.33. The number of halogens is 2. The van der Waals surface area contributed by atoms with Gasteiger partial charge in [0, 0.05) is 11.8 Å². The van der Waals surface area contributed by atoms with Crippen molar-refractivity contribution in [1.82, 2.24) is 19.7 Å². The van der Waals surface area contributed by atoms with Gasteiger partial charge in [0.25, 0.3) is 5.92 Å². The summed E-state index contributed by atoms with van der Waals surface area (Å²) in [6.07, 6.45) is 3.34. The van der Waals surface area contributed by atoms with Crippen LogP contribution in [0.5, 0.6) is 0 Å². The number of rotatable bonds is 3. The minimum atomic E-state index is -2.76. The predicted octanol–water partition coefficient (Wildman–Crippen LogP) is 2.88. The Morgan fingerprint density at radius 3 is 2.72 bits per heavy atom. The fourth-order valence-corrected chi connectivity index (χ4v) is 2.98. The lowest BCUT2D eigenvalue weighted by molar-refractivity contribution is -0.166. The van der Waals surface area contributed by atoms with Gasteiger partial charge in [-0.3, -0.25) is 14.5 Å². The number of hydrogen-bond donors (Lipinski definition) is 0. The van der Waals surface area contributed by atoms with Crippen molar-refractivity contribution in [2.75, 3.05) is 13.1 Å². The molecule has 1 aromatic carbocycles. The van der Waals surface area contributed by atoms with E-state index in [2.05, 4.69) is 16.1 Å². The summed E-state index contributed by atoms with van der Waals surface area (Å²) in [5.41, 5.74) is 4.45. The molecule has 2 aromatic heterocycles. The van der Waals surface area contributed by atoms with Gasteiger partial charge in [0.15, 0.2) is 0 Å². The second kappa shape index (κ2) is 5.61. The molecule has 1 amide bonds. The summed E-state index contributed by atoms with van der Waals surface area (Å²) in [5.74, 6) is -3.13. The number of amides is 1. The highest BCUT2D eigenvalue weighted by Crippen LogP contribution is 2.27. The molecule has 0 N–H and O–H groups in total. The van der Waals surface area contributed by atoms with E-state index in [1.165, 1.54) is 4.68 Å². The number of benzene rings is 1. The van der Waals surface area contributed by atoms with Crippen LogP contribution in [0, 0.1) is 6.92 Å². The lowest BCUT2D eigenvalue weighted by Gasteiger charge is -2.38. The van der Waals surface area contributed by atoms with E-state index in [-0.39, 0.29) is 12.5 Å². The van der Waals surface area contributed by atoms with Crippen LogP contribution in [0.25, 0.3) is 22.2 Å². The minimum Gasteiger partial charge on any atom is -0.329 e. The molecule has 0 saturated carbocycles. The largest absolute Gasteiger partial charge is 0.329 e. The molecule has 0 spiro atoms. The Labute approximate surface area is 142 Å². The first-order chi connectivity index (χ1) is 11.9. The van der Waals surface area contributed by atoms with E-state index in [0.717, 1.165) is 21.6 Å². The average Bonchev–Trinajstić information content (AvgIpc) is 2.94. The topological polar surface area (TPSA) is 51.0 Å². The van der Waals surface area contributed by atoms with Gasteiger partial charge in [-0.15, -0.1) is 0 Å². The number of fused-ring (bicyclic) bond motifs is 1. The monoisotopic (exact) mass is 342 g/mol. The molecule has 0 unspecified atom stereocenters. The Kier molecular flexibility index (Phi) is 3.52. The summed E-state index contributed by atoms with van der Waals surface area (Å²) in [6, 6.07) is 9.95. The third kappa shape index (κ3) is 2.97. The molecule has 128 valence electrons. The summed E-state index contributed by atoms with van der Waals surface area (Å²) in [4.78, 5) is 17.7. The van der Waals surface area contributed by atoms with E-state index in [1.54, 1.807) is 12.4 Å². The van der Waals surface area contributed by atoms with E-state index in [9.17, 15) is 13.6 Å². The van der Waals surface area contributed by atoms with E-state index < -0.39 is 19.0 Å². The van der Waals surface area contributed by atoms with Crippen LogP contribution >= 0.6 is 0 Å². The van der Waals surface area contributed by atoms with Crippen LogP contribution in [-0.2, 0) is 11.3 Å². The standard InChI is InChI=1S/C18H16F2N4O/c1-12-3-2-4-13(5-12)14-6-16-15(21-7-14)8-22-24(16)9-17(25)23-10-18(19,20)11-23/h2-8H,9-11H2,1H3. The van der Waals surface area contributed by atoms with Gasteiger partial charge >= 0.3 is 0 Å². The van der Waals surface area contributed by atoms with Crippen molar-refractivity contribution < 1.29 is 13.6 Å². The van der Waals surface area contributed by atoms with Crippen LogP contribution in [0.1, 0.15) is 5.56 Å². The molecule has 3 aromatic rings. The first-order valence-corrected chi connectivity index (χ1v) is 7.95. The zero-order chi connectivity index (χ0) is 17.6. The molecule has 0 radical (unpaired) electrons.